The molecule has 0 heterocycles. The van der Waals surface area contributed by atoms with Crippen LogP contribution in [-0.2, 0) is 4.74 Å². The zero-order valence-electron chi connectivity index (χ0n) is 10.9. The molecule has 0 bridgehead atoms. The van der Waals surface area contributed by atoms with E-state index in [2.05, 4.69) is 6.92 Å². The van der Waals surface area contributed by atoms with Crippen molar-refractivity contribution in [2.24, 2.45) is 0 Å². The fraction of sp³-hybridized carbons (Fsp3) is 0.500. The van der Waals surface area contributed by atoms with Crippen molar-refractivity contribution in [1.82, 2.24) is 0 Å². The van der Waals surface area contributed by atoms with Gasteiger partial charge in [-0.15, -0.1) is 0 Å². The van der Waals surface area contributed by atoms with Crippen LogP contribution in [0.5, 0.6) is 5.75 Å². The molecule has 0 aliphatic rings. The van der Waals surface area contributed by atoms with Gasteiger partial charge in [0.05, 0.1) is 18.2 Å². The average molecular weight is 267 g/mol. The van der Waals surface area contributed by atoms with Gasteiger partial charge in [0.1, 0.15) is 12.7 Å². The van der Waals surface area contributed by atoms with Crippen LogP contribution in [0.1, 0.15) is 25.3 Å². The first-order valence-electron chi connectivity index (χ1n) is 6.25. The molecule has 0 radical (unpaired) electrons. The van der Waals surface area contributed by atoms with Gasteiger partial charge in [-0.2, -0.15) is 5.26 Å². The number of hydrogen-bond donors (Lipinski definition) is 1. The first-order chi connectivity index (χ1) is 9.17. The third-order valence-electron chi connectivity index (χ3n) is 2.44. The molecule has 1 rings (SSSR count). The molecule has 0 aliphatic carbocycles. The minimum absolute atomic E-state index is 0.0200. The molecular weight excluding hydrogens is 249 g/mol. The minimum atomic E-state index is -0.799. The van der Waals surface area contributed by atoms with Crippen molar-refractivity contribution in [2.75, 3.05) is 19.8 Å². The Kier molecular flexibility index (Phi) is 6.86. The summed E-state index contributed by atoms with van der Waals surface area (Å²) < 4.78 is 23.8. The Labute approximate surface area is 112 Å². The summed E-state index contributed by atoms with van der Waals surface area (Å²) in [4.78, 5) is 0. The summed E-state index contributed by atoms with van der Waals surface area (Å²) in [6.45, 7) is 2.77. The lowest BCUT2D eigenvalue weighted by Gasteiger charge is -2.13. The van der Waals surface area contributed by atoms with Crippen molar-refractivity contribution < 1.29 is 19.0 Å². The van der Waals surface area contributed by atoms with Crippen molar-refractivity contribution in [2.45, 2.75) is 25.9 Å². The number of ether oxygens (including phenoxy) is 2. The molecule has 0 saturated heterocycles. The first-order valence-corrected chi connectivity index (χ1v) is 6.25. The monoisotopic (exact) mass is 267 g/mol. The maximum absolute atomic E-state index is 13.5. The molecule has 1 unspecified atom stereocenters. The lowest BCUT2D eigenvalue weighted by molar-refractivity contribution is 0.0106. The number of aliphatic hydroxyl groups is 1. The molecule has 0 aliphatic heterocycles. The van der Waals surface area contributed by atoms with E-state index in [-0.39, 0.29) is 24.5 Å². The summed E-state index contributed by atoms with van der Waals surface area (Å²) in [5.41, 5.74) is 0.230. The maximum Gasteiger partial charge on any atom is 0.166 e. The van der Waals surface area contributed by atoms with E-state index in [4.69, 9.17) is 14.7 Å². The number of nitrogens with zero attached hydrogens (tertiary/aromatic N) is 1. The molecule has 0 spiro atoms. The van der Waals surface area contributed by atoms with Crippen LogP contribution in [0.2, 0.25) is 0 Å². The van der Waals surface area contributed by atoms with E-state index in [1.165, 1.54) is 12.1 Å². The quantitative estimate of drug-likeness (QED) is 0.734. The van der Waals surface area contributed by atoms with Gasteiger partial charge in [-0.3, -0.25) is 0 Å². The second kappa shape index (κ2) is 8.46. The van der Waals surface area contributed by atoms with Gasteiger partial charge in [0.15, 0.2) is 11.6 Å². The molecule has 5 heteroatoms. The van der Waals surface area contributed by atoms with E-state index in [1.807, 2.05) is 6.07 Å². The molecule has 0 aromatic heterocycles. The number of benzene rings is 1. The van der Waals surface area contributed by atoms with Crippen LogP contribution < -0.4 is 4.74 Å². The molecule has 0 saturated carbocycles. The molecule has 1 atom stereocenters. The lowest BCUT2D eigenvalue weighted by Crippen LogP contribution is -2.24. The van der Waals surface area contributed by atoms with E-state index in [1.54, 1.807) is 0 Å². The third kappa shape index (κ3) is 5.69. The first kappa shape index (κ1) is 15.4. The summed E-state index contributed by atoms with van der Waals surface area (Å²) in [6, 6.07) is 5.77. The number of nitriles is 1. The van der Waals surface area contributed by atoms with Crippen LogP contribution in [0.3, 0.4) is 0 Å². The molecule has 0 amide bonds. The van der Waals surface area contributed by atoms with E-state index >= 15 is 0 Å². The molecular formula is C14H18FNO3. The second-order valence-corrected chi connectivity index (χ2v) is 4.15. The highest BCUT2D eigenvalue weighted by Gasteiger charge is 2.09. The second-order valence-electron chi connectivity index (χ2n) is 4.15. The lowest BCUT2D eigenvalue weighted by atomic mass is 10.2. The van der Waals surface area contributed by atoms with Crippen LogP contribution in [0, 0.1) is 17.1 Å². The number of hydrogen-bond acceptors (Lipinski definition) is 4. The van der Waals surface area contributed by atoms with Crippen LogP contribution in [0.4, 0.5) is 4.39 Å². The molecule has 1 aromatic rings. The summed E-state index contributed by atoms with van der Waals surface area (Å²) in [5.74, 6) is -0.593. The highest BCUT2D eigenvalue weighted by molar-refractivity contribution is 5.35. The molecule has 0 fully saturated rings. The van der Waals surface area contributed by atoms with Crippen molar-refractivity contribution >= 4 is 0 Å². The normalized spacial score (nSPS) is 11.9. The smallest absolute Gasteiger partial charge is 0.166 e. The fourth-order valence-corrected chi connectivity index (χ4v) is 1.39. The minimum Gasteiger partial charge on any atom is -0.488 e. The Morgan fingerprint density at radius 1 is 1.42 bits per heavy atom. The van der Waals surface area contributed by atoms with Crippen LogP contribution in [0.25, 0.3) is 0 Å². The standard InChI is InChI=1S/C14H18FNO3/c1-2-3-6-18-9-12(17)10-19-14-5-4-11(8-16)7-13(14)15/h4-5,7,12,17H,2-3,6,9-10H2,1H3. The highest BCUT2D eigenvalue weighted by atomic mass is 19.1. The Morgan fingerprint density at radius 2 is 2.21 bits per heavy atom. The van der Waals surface area contributed by atoms with Gasteiger partial charge < -0.3 is 14.6 Å². The topological polar surface area (TPSA) is 62.5 Å². The molecule has 1 N–H and O–H groups in total. The predicted molar refractivity (Wildman–Crippen MR) is 68.3 cm³/mol. The van der Waals surface area contributed by atoms with Crippen molar-refractivity contribution in [3.8, 4) is 11.8 Å². The molecule has 104 valence electrons. The molecule has 19 heavy (non-hydrogen) atoms. The van der Waals surface area contributed by atoms with Crippen molar-refractivity contribution in [3.05, 3.63) is 29.6 Å². The summed E-state index contributed by atoms with van der Waals surface area (Å²) in [6.07, 6.45) is 1.17. The predicted octanol–water partition coefficient (Wildman–Crippen LogP) is 2.25. The van der Waals surface area contributed by atoms with E-state index in [0.29, 0.717) is 6.61 Å². The average Bonchev–Trinajstić information content (AvgIpc) is 2.42. The van der Waals surface area contributed by atoms with E-state index < -0.39 is 11.9 Å². The van der Waals surface area contributed by atoms with E-state index in [0.717, 1.165) is 18.9 Å². The maximum atomic E-state index is 13.5. The third-order valence-corrected chi connectivity index (χ3v) is 2.44. The molecule has 1 aromatic carbocycles. The molecule has 4 nitrogen and oxygen atoms in total. The Balaban J connectivity index is 2.34. The van der Waals surface area contributed by atoms with Gasteiger partial charge in [-0.1, -0.05) is 13.3 Å². The summed E-state index contributed by atoms with van der Waals surface area (Å²) in [7, 11) is 0. The van der Waals surface area contributed by atoms with Gasteiger partial charge in [0.2, 0.25) is 0 Å². The van der Waals surface area contributed by atoms with Gasteiger partial charge in [-0.25, -0.2) is 4.39 Å². The number of unbranched alkanes of at least 4 members (excludes halogenated alkanes) is 1. The van der Waals surface area contributed by atoms with Crippen molar-refractivity contribution in [1.29, 1.82) is 5.26 Å². The number of halogens is 1. The zero-order chi connectivity index (χ0) is 14.1. The number of aliphatic hydroxyl groups excluding tert-OH is 1. The Bertz CT molecular complexity index is 431. The fourth-order valence-electron chi connectivity index (χ4n) is 1.39. The SMILES string of the molecule is CCCCOCC(O)COc1ccc(C#N)cc1F. The van der Waals surface area contributed by atoms with Crippen molar-refractivity contribution in [3.63, 3.8) is 0 Å². The summed E-state index contributed by atoms with van der Waals surface area (Å²) in [5, 5.41) is 18.2. The highest BCUT2D eigenvalue weighted by Crippen LogP contribution is 2.18. The van der Waals surface area contributed by atoms with Crippen LogP contribution in [-0.4, -0.2) is 31.0 Å². The van der Waals surface area contributed by atoms with Crippen LogP contribution >= 0.6 is 0 Å². The van der Waals surface area contributed by atoms with Gasteiger partial charge in [-0.05, 0) is 24.6 Å². The van der Waals surface area contributed by atoms with Gasteiger partial charge >= 0.3 is 0 Å². The van der Waals surface area contributed by atoms with Gasteiger partial charge in [0, 0.05) is 6.61 Å². The Morgan fingerprint density at radius 3 is 2.84 bits per heavy atom. The largest absolute Gasteiger partial charge is 0.488 e. The van der Waals surface area contributed by atoms with E-state index in [9.17, 15) is 9.50 Å². The zero-order valence-corrected chi connectivity index (χ0v) is 10.9. The number of rotatable bonds is 8. The Hall–Kier alpha value is -1.64. The summed E-state index contributed by atoms with van der Waals surface area (Å²) >= 11 is 0. The van der Waals surface area contributed by atoms with Crippen LogP contribution in [0.15, 0.2) is 18.2 Å². The van der Waals surface area contributed by atoms with Gasteiger partial charge in [0.25, 0.3) is 0 Å².